The predicted octanol–water partition coefficient (Wildman–Crippen LogP) is -0.620. The van der Waals surface area contributed by atoms with Gasteiger partial charge in [0.15, 0.2) is 9.84 Å². The van der Waals surface area contributed by atoms with Gasteiger partial charge in [-0.1, -0.05) is 0 Å². The maximum absolute atomic E-state index is 10.7. The van der Waals surface area contributed by atoms with Crippen LogP contribution in [-0.4, -0.2) is 26.5 Å². The summed E-state index contributed by atoms with van der Waals surface area (Å²) in [5.74, 6) is 0.883. The van der Waals surface area contributed by atoms with Crippen LogP contribution in [0.1, 0.15) is 6.42 Å². The monoisotopic (exact) mass is 149 g/mol. The Kier molecular flexibility index (Phi) is 1.77. The molecule has 0 saturated carbocycles. The van der Waals surface area contributed by atoms with Crippen molar-refractivity contribution in [3.8, 4) is 0 Å². The fraction of sp³-hybridized carbons (Fsp3) is 1.00. The van der Waals surface area contributed by atoms with E-state index in [4.69, 9.17) is 5.73 Å². The molecule has 1 fully saturated rings. The highest BCUT2D eigenvalue weighted by Crippen LogP contribution is 2.16. The summed E-state index contributed by atoms with van der Waals surface area (Å²) in [6, 6.07) is 0. The molecule has 2 N–H and O–H groups in total. The molecule has 0 radical (unpaired) electrons. The highest BCUT2D eigenvalue weighted by molar-refractivity contribution is 7.91. The molecule has 0 bridgehead atoms. The second-order valence-corrected chi connectivity index (χ2v) is 4.73. The average molecular weight is 149 g/mol. The second kappa shape index (κ2) is 2.27. The van der Waals surface area contributed by atoms with Crippen LogP contribution >= 0.6 is 0 Å². The van der Waals surface area contributed by atoms with Crippen LogP contribution in [0.3, 0.4) is 0 Å². The van der Waals surface area contributed by atoms with Crippen LogP contribution in [0.4, 0.5) is 0 Å². The Hall–Kier alpha value is -0.0900. The Labute approximate surface area is 55.2 Å². The van der Waals surface area contributed by atoms with Crippen molar-refractivity contribution in [2.24, 2.45) is 11.7 Å². The van der Waals surface area contributed by atoms with Gasteiger partial charge in [-0.3, -0.25) is 0 Å². The lowest BCUT2D eigenvalue weighted by Crippen LogP contribution is -2.15. The van der Waals surface area contributed by atoms with E-state index in [0.29, 0.717) is 18.1 Å². The topological polar surface area (TPSA) is 60.2 Å². The smallest absolute Gasteiger partial charge is 0.150 e. The van der Waals surface area contributed by atoms with Crippen molar-refractivity contribution in [1.82, 2.24) is 0 Å². The van der Waals surface area contributed by atoms with Crippen molar-refractivity contribution >= 4 is 9.84 Å². The third-order valence-corrected chi connectivity index (χ3v) is 3.50. The van der Waals surface area contributed by atoms with Gasteiger partial charge in [-0.2, -0.15) is 0 Å². The molecule has 1 aliphatic heterocycles. The van der Waals surface area contributed by atoms with Gasteiger partial charge in [-0.25, -0.2) is 8.42 Å². The van der Waals surface area contributed by atoms with Gasteiger partial charge in [0, 0.05) is 0 Å². The van der Waals surface area contributed by atoms with Gasteiger partial charge in [-0.15, -0.1) is 0 Å². The van der Waals surface area contributed by atoms with Gasteiger partial charge < -0.3 is 5.73 Å². The quantitative estimate of drug-likeness (QED) is 0.540. The first kappa shape index (κ1) is 7.02. The lowest BCUT2D eigenvalue weighted by atomic mass is 10.1. The van der Waals surface area contributed by atoms with E-state index in [-0.39, 0.29) is 5.92 Å². The van der Waals surface area contributed by atoms with Crippen LogP contribution in [0.15, 0.2) is 0 Å². The van der Waals surface area contributed by atoms with Gasteiger partial charge >= 0.3 is 0 Å². The third kappa shape index (κ3) is 1.66. The molecule has 9 heavy (non-hydrogen) atoms. The third-order valence-electron chi connectivity index (χ3n) is 1.66. The molecular weight excluding hydrogens is 138 g/mol. The van der Waals surface area contributed by atoms with Crippen molar-refractivity contribution < 1.29 is 8.42 Å². The predicted molar refractivity (Wildman–Crippen MR) is 35.8 cm³/mol. The minimum absolute atomic E-state index is 0.231. The highest BCUT2D eigenvalue weighted by atomic mass is 32.2. The summed E-state index contributed by atoms with van der Waals surface area (Å²) in [6.45, 7) is 0.513. The van der Waals surface area contributed by atoms with E-state index in [1.165, 1.54) is 0 Å². The molecule has 1 aliphatic rings. The standard InChI is InChI=1S/C5H11NO2S/c6-3-5-1-2-9(7,8)4-5/h5H,1-4,6H2/t5-/m0/s1. The van der Waals surface area contributed by atoms with Crippen LogP contribution in [0.25, 0.3) is 0 Å². The van der Waals surface area contributed by atoms with E-state index in [0.717, 1.165) is 6.42 Å². The van der Waals surface area contributed by atoms with Crippen molar-refractivity contribution in [2.75, 3.05) is 18.1 Å². The minimum Gasteiger partial charge on any atom is -0.330 e. The summed E-state index contributed by atoms with van der Waals surface area (Å²) in [5, 5.41) is 0. The molecule has 1 saturated heterocycles. The summed E-state index contributed by atoms with van der Waals surface area (Å²) in [7, 11) is -2.69. The second-order valence-electron chi connectivity index (χ2n) is 2.50. The average Bonchev–Trinajstić information content (AvgIpc) is 2.10. The number of sulfone groups is 1. The molecule has 0 aliphatic carbocycles. The Morgan fingerprint density at radius 2 is 2.22 bits per heavy atom. The lowest BCUT2D eigenvalue weighted by molar-refractivity contribution is 0.591. The maximum atomic E-state index is 10.7. The van der Waals surface area contributed by atoms with Crippen molar-refractivity contribution in [3.63, 3.8) is 0 Å². The summed E-state index contributed by atoms with van der Waals surface area (Å²) in [5.41, 5.74) is 5.29. The number of rotatable bonds is 1. The summed E-state index contributed by atoms with van der Waals surface area (Å²) >= 11 is 0. The Balaban J connectivity index is 2.58. The Bertz CT molecular complexity index is 185. The normalized spacial score (nSPS) is 32.8. The lowest BCUT2D eigenvalue weighted by Gasteiger charge is -1.98. The Morgan fingerprint density at radius 1 is 1.56 bits per heavy atom. The molecule has 1 atom stereocenters. The largest absolute Gasteiger partial charge is 0.330 e. The van der Waals surface area contributed by atoms with E-state index in [1.54, 1.807) is 0 Å². The molecule has 0 aromatic heterocycles. The highest BCUT2D eigenvalue weighted by Gasteiger charge is 2.26. The van der Waals surface area contributed by atoms with E-state index < -0.39 is 9.84 Å². The molecule has 0 aromatic carbocycles. The van der Waals surface area contributed by atoms with Crippen LogP contribution in [0, 0.1) is 5.92 Å². The Morgan fingerprint density at radius 3 is 2.44 bits per heavy atom. The number of hydrogen-bond donors (Lipinski definition) is 1. The first-order valence-electron chi connectivity index (χ1n) is 3.04. The zero-order chi connectivity index (χ0) is 6.91. The van der Waals surface area contributed by atoms with E-state index in [2.05, 4.69) is 0 Å². The first-order valence-corrected chi connectivity index (χ1v) is 4.87. The van der Waals surface area contributed by atoms with E-state index in [1.807, 2.05) is 0 Å². The summed E-state index contributed by atoms with van der Waals surface area (Å²) < 4.78 is 21.5. The molecule has 1 heterocycles. The van der Waals surface area contributed by atoms with Crippen molar-refractivity contribution in [1.29, 1.82) is 0 Å². The fourth-order valence-corrected chi connectivity index (χ4v) is 2.94. The van der Waals surface area contributed by atoms with E-state index in [9.17, 15) is 8.42 Å². The van der Waals surface area contributed by atoms with Gasteiger partial charge in [-0.05, 0) is 18.9 Å². The van der Waals surface area contributed by atoms with Gasteiger partial charge in [0.25, 0.3) is 0 Å². The molecule has 3 nitrogen and oxygen atoms in total. The van der Waals surface area contributed by atoms with Gasteiger partial charge in [0.1, 0.15) is 0 Å². The SMILES string of the molecule is NC[C@@H]1CCS(=O)(=O)C1. The van der Waals surface area contributed by atoms with Crippen molar-refractivity contribution in [2.45, 2.75) is 6.42 Å². The number of nitrogens with two attached hydrogens (primary N) is 1. The van der Waals surface area contributed by atoms with Gasteiger partial charge in [0.2, 0.25) is 0 Å². The number of hydrogen-bond acceptors (Lipinski definition) is 3. The summed E-state index contributed by atoms with van der Waals surface area (Å²) in [6.07, 6.45) is 0.763. The van der Waals surface area contributed by atoms with Crippen LogP contribution in [-0.2, 0) is 9.84 Å². The molecule has 1 rings (SSSR count). The van der Waals surface area contributed by atoms with E-state index >= 15 is 0 Å². The van der Waals surface area contributed by atoms with Crippen molar-refractivity contribution in [3.05, 3.63) is 0 Å². The zero-order valence-corrected chi connectivity index (χ0v) is 6.02. The van der Waals surface area contributed by atoms with Crippen LogP contribution in [0.5, 0.6) is 0 Å². The minimum atomic E-state index is -2.69. The molecular formula is C5H11NO2S. The molecule has 0 aromatic rings. The molecule has 54 valence electrons. The molecule has 0 spiro atoms. The van der Waals surface area contributed by atoms with Gasteiger partial charge in [0.05, 0.1) is 11.5 Å². The maximum Gasteiger partial charge on any atom is 0.150 e. The first-order chi connectivity index (χ1) is 4.14. The zero-order valence-electron chi connectivity index (χ0n) is 5.21. The van der Waals surface area contributed by atoms with Crippen LogP contribution in [0.2, 0.25) is 0 Å². The fourth-order valence-electron chi connectivity index (χ4n) is 1.06. The summed E-state index contributed by atoms with van der Waals surface area (Å²) in [4.78, 5) is 0. The molecule has 0 unspecified atom stereocenters. The van der Waals surface area contributed by atoms with Crippen LogP contribution < -0.4 is 5.73 Å². The molecule has 4 heteroatoms. The molecule has 0 amide bonds.